The third-order valence-electron chi connectivity index (χ3n) is 5.33. The van der Waals surface area contributed by atoms with Crippen molar-refractivity contribution in [3.63, 3.8) is 0 Å². The molecule has 0 aliphatic carbocycles. The molecular weight excluding hydrogens is 416 g/mol. The molecule has 0 bridgehead atoms. The normalized spacial score (nSPS) is 14.5. The molecule has 2 aromatic carbocycles. The molecule has 4 rings (SSSR count). The van der Waals surface area contributed by atoms with Crippen LogP contribution >= 0.6 is 0 Å². The lowest BCUT2D eigenvalue weighted by molar-refractivity contribution is 0.578. The van der Waals surface area contributed by atoms with Crippen LogP contribution in [-0.2, 0) is 0 Å². The number of unbranched alkanes of at least 4 members (excludes halogenated alkanes) is 2. The Hall–Kier alpha value is -2.95. The van der Waals surface area contributed by atoms with E-state index in [0.29, 0.717) is 12.1 Å². The Labute approximate surface area is 197 Å². The number of nitrogens with zero attached hydrogens (tertiary/aromatic N) is 3. The fourth-order valence-electron chi connectivity index (χ4n) is 3.59. The summed E-state index contributed by atoms with van der Waals surface area (Å²) in [5.41, 5.74) is 3.51. The topological polar surface area (TPSA) is 38.1 Å². The molecule has 3 nitrogen and oxygen atoms in total. The molecule has 0 saturated carbocycles. The number of aliphatic imine (C=N–C) groups is 1. The highest BCUT2D eigenvalue weighted by molar-refractivity contribution is 6.02. The van der Waals surface area contributed by atoms with Crippen LogP contribution in [0.4, 0.5) is 8.78 Å². The van der Waals surface area contributed by atoms with Gasteiger partial charge in [-0.1, -0.05) is 77.3 Å². The maximum absolute atomic E-state index is 14.0. The Balaban J connectivity index is 0.000000489. The summed E-state index contributed by atoms with van der Waals surface area (Å²) in [5, 5.41) is 0. The number of hydrogen-bond donors (Lipinski definition) is 0. The fourth-order valence-corrected chi connectivity index (χ4v) is 3.59. The average Bonchev–Trinajstić information content (AvgIpc) is 3.32. The first kappa shape index (κ1) is 26.3. The average molecular weight is 452 g/mol. The first-order valence-electron chi connectivity index (χ1n) is 11.9. The van der Waals surface area contributed by atoms with Crippen molar-refractivity contribution in [2.45, 2.75) is 72.8 Å². The first-order valence-corrected chi connectivity index (χ1v) is 11.9. The van der Waals surface area contributed by atoms with E-state index in [-0.39, 0.29) is 11.6 Å². The Morgan fingerprint density at radius 3 is 1.94 bits per heavy atom. The minimum Gasteiger partial charge on any atom is -0.281 e. The van der Waals surface area contributed by atoms with Crippen molar-refractivity contribution in [1.29, 1.82) is 0 Å². The van der Waals surface area contributed by atoms with E-state index in [1.165, 1.54) is 37.5 Å². The predicted molar refractivity (Wildman–Crippen MR) is 134 cm³/mol. The van der Waals surface area contributed by atoms with E-state index in [9.17, 15) is 8.78 Å². The minimum atomic E-state index is -0.556. The van der Waals surface area contributed by atoms with Crippen LogP contribution in [0, 0.1) is 18.6 Å². The van der Waals surface area contributed by atoms with Gasteiger partial charge < -0.3 is 0 Å². The zero-order valence-corrected chi connectivity index (χ0v) is 20.4. The van der Waals surface area contributed by atoms with E-state index in [0.717, 1.165) is 28.9 Å². The number of aromatic nitrogens is 2. The fraction of sp³-hybridized carbons (Fsp3) is 0.393. The lowest BCUT2D eigenvalue weighted by Gasteiger charge is -2.08. The third kappa shape index (κ3) is 7.28. The van der Waals surface area contributed by atoms with Crippen LogP contribution in [0.25, 0.3) is 11.1 Å². The zero-order valence-electron chi connectivity index (χ0n) is 20.4. The van der Waals surface area contributed by atoms with Gasteiger partial charge in [0.2, 0.25) is 0 Å². The summed E-state index contributed by atoms with van der Waals surface area (Å²) in [6.07, 6.45) is 8.98. The second kappa shape index (κ2) is 13.6. The van der Waals surface area contributed by atoms with E-state index in [1.54, 1.807) is 12.4 Å². The second-order valence-electron chi connectivity index (χ2n) is 7.72. The van der Waals surface area contributed by atoms with E-state index < -0.39 is 11.6 Å². The Kier molecular flexibility index (Phi) is 10.8. The van der Waals surface area contributed by atoms with Gasteiger partial charge in [-0.25, -0.2) is 18.7 Å². The highest BCUT2D eigenvalue weighted by Crippen LogP contribution is 2.33. The summed E-state index contributed by atoms with van der Waals surface area (Å²) in [5.74, 6) is -0.378. The molecule has 0 radical (unpaired) electrons. The van der Waals surface area contributed by atoms with Gasteiger partial charge in [0.15, 0.2) is 0 Å². The molecule has 5 heteroatoms. The van der Waals surface area contributed by atoms with E-state index in [1.807, 2.05) is 45.0 Å². The van der Waals surface area contributed by atoms with Crippen molar-refractivity contribution in [3.05, 3.63) is 83.4 Å². The SMILES string of the molecule is CC.CCCCC.Cc1ncc(-c2ccc(C3CCC(c4c(F)cccc4F)=N3)cc2)cn1. The molecule has 33 heavy (non-hydrogen) atoms. The molecule has 1 unspecified atom stereocenters. The lowest BCUT2D eigenvalue weighted by Crippen LogP contribution is -2.03. The van der Waals surface area contributed by atoms with Crippen LogP contribution in [0.3, 0.4) is 0 Å². The molecule has 1 atom stereocenters. The molecule has 1 aromatic heterocycles. The van der Waals surface area contributed by atoms with Crippen LogP contribution < -0.4 is 0 Å². The lowest BCUT2D eigenvalue weighted by atomic mass is 10.0. The Morgan fingerprint density at radius 2 is 1.42 bits per heavy atom. The molecule has 0 fully saturated rings. The van der Waals surface area contributed by atoms with Crippen molar-refractivity contribution >= 4 is 5.71 Å². The molecule has 2 heterocycles. The molecule has 1 aliphatic rings. The summed E-state index contributed by atoms with van der Waals surface area (Å²) >= 11 is 0. The number of aryl methyl sites for hydroxylation is 1. The van der Waals surface area contributed by atoms with Crippen molar-refractivity contribution in [1.82, 2.24) is 9.97 Å². The van der Waals surface area contributed by atoms with Gasteiger partial charge in [0.1, 0.15) is 17.5 Å². The first-order chi connectivity index (χ1) is 16.0. The van der Waals surface area contributed by atoms with Gasteiger partial charge in [-0.3, -0.25) is 4.99 Å². The van der Waals surface area contributed by atoms with Crippen LogP contribution in [0.15, 0.2) is 59.9 Å². The van der Waals surface area contributed by atoms with Crippen molar-refractivity contribution in [3.8, 4) is 11.1 Å². The van der Waals surface area contributed by atoms with E-state index >= 15 is 0 Å². The predicted octanol–water partition coefficient (Wildman–Crippen LogP) is 8.28. The van der Waals surface area contributed by atoms with Gasteiger partial charge in [-0.05, 0) is 43.0 Å². The van der Waals surface area contributed by atoms with Gasteiger partial charge in [0.05, 0.1) is 11.6 Å². The smallest absolute Gasteiger partial charge is 0.135 e. The van der Waals surface area contributed by atoms with Crippen molar-refractivity contribution in [2.75, 3.05) is 0 Å². The largest absolute Gasteiger partial charge is 0.281 e. The summed E-state index contributed by atoms with van der Waals surface area (Å²) in [4.78, 5) is 13.0. The summed E-state index contributed by atoms with van der Waals surface area (Å²) < 4.78 is 27.9. The van der Waals surface area contributed by atoms with Crippen LogP contribution in [0.2, 0.25) is 0 Å². The minimum absolute atomic E-state index is 0.00317. The number of benzene rings is 2. The standard InChI is InChI=1S/C21H17F2N3.C5H12.C2H6/c1-13-24-11-16(12-25-13)14-5-7-15(8-6-14)19-9-10-20(26-19)21-17(22)3-2-4-18(21)23;1-3-5-4-2;1-2/h2-8,11-12,19H,9-10H2,1H3;3-5H2,1-2H3;1-2H3. The van der Waals surface area contributed by atoms with Crippen LogP contribution in [0.1, 0.15) is 82.8 Å². The number of halogens is 2. The van der Waals surface area contributed by atoms with E-state index in [4.69, 9.17) is 0 Å². The maximum atomic E-state index is 14.0. The number of rotatable bonds is 5. The third-order valence-corrected chi connectivity index (χ3v) is 5.33. The van der Waals surface area contributed by atoms with E-state index in [2.05, 4.69) is 28.8 Å². The van der Waals surface area contributed by atoms with Gasteiger partial charge >= 0.3 is 0 Å². The zero-order chi connectivity index (χ0) is 24.2. The second-order valence-corrected chi connectivity index (χ2v) is 7.72. The molecule has 0 spiro atoms. The molecule has 0 saturated heterocycles. The maximum Gasteiger partial charge on any atom is 0.135 e. The highest BCUT2D eigenvalue weighted by Gasteiger charge is 2.24. The molecule has 0 N–H and O–H groups in total. The summed E-state index contributed by atoms with van der Waals surface area (Å²) in [6.45, 7) is 10.3. The molecule has 0 amide bonds. The van der Waals surface area contributed by atoms with Gasteiger partial charge in [0, 0.05) is 23.7 Å². The van der Waals surface area contributed by atoms with Crippen molar-refractivity contribution < 1.29 is 8.78 Å². The molecular formula is C28H35F2N3. The Bertz CT molecular complexity index is 990. The Morgan fingerprint density at radius 1 is 0.848 bits per heavy atom. The van der Waals surface area contributed by atoms with Gasteiger partial charge in [0.25, 0.3) is 0 Å². The molecule has 3 aromatic rings. The van der Waals surface area contributed by atoms with Crippen LogP contribution in [-0.4, -0.2) is 15.7 Å². The summed E-state index contributed by atoms with van der Waals surface area (Å²) in [7, 11) is 0. The summed E-state index contributed by atoms with van der Waals surface area (Å²) in [6, 6.07) is 11.8. The number of hydrogen-bond acceptors (Lipinski definition) is 3. The quantitative estimate of drug-likeness (QED) is 0.391. The van der Waals surface area contributed by atoms with Gasteiger partial charge in [-0.15, -0.1) is 0 Å². The van der Waals surface area contributed by atoms with Crippen LogP contribution in [0.5, 0.6) is 0 Å². The van der Waals surface area contributed by atoms with Gasteiger partial charge in [-0.2, -0.15) is 0 Å². The molecule has 176 valence electrons. The monoisotopic (exact) mass is 451 g/mol. The molecule has 1 aliphatic heterocycles. The highest BCUT2D eigenvalue weighted by atomic mass is 19.1. The van der Waals surface area contributed by atoms with Crippen molar-refractivity contribution in [2.24, 2.45) is 4.99 Å².